The first-order valence-electron chi connectivity index (χ1n) is 5.78. The van der Waals surface area contributed by atoms with Crippen LogP contribution in [0, 0.1) is 0 Å². The summed E-state index contributed by atoms with van der Waals surface area (Å²) in [4.78, 5) is 14.5. The van der Waals surface area contributed by atoms with E-state index in [1.54, 1.807) is 0 Å². The monoisotopic (exact) mass is 330 g/mol. The van der Waals surface area contributed by atoms with Gasteiger partial charge in [0.1, 0.15) is 11.4 Å². The van der Waals surface area contributed by atoms with Crippen LogP contribution in [0.1, 0.15) is 10.5 Å². The Balaban J connectivity index is 2.60. The number of nitrogens with zero attached hydrogens (tertiary/aromatic N) is 1. The Morgan fingerprint density at radius 3 is 2.55 bits per heavy atom. The Bertz CT molecular complexity index is 722. The van der Waals surface area contributed by atoms with Crippen LogP contribution >= 0.6 is 0 Å². The van der Waals surface area contributed by atoms with Crippen LogP contribution in [-0.2, 0) is 11.2 Å². The van der Waals surface area contributed by atoms with Gasteiger partial charge in [-0.05, 0) is 18.2 Å². The number of phenolic OH excluding ortho intramolecular Hbond substituents is 1. The molecule has 1 amide bonds. The molecule has 1 atom stereocenters. The average molecular weight is 330 g/mol. The standard InChI is InChI=1S/C13H9F3N2O3S/c14-13(15,16)22(21)7-3-4-10(19)9(6-7)8-2-1-5-18-11(8)12(17)20/h1-6,19H,(H2,17,20). The van der Waals surface area contributed by atoms with Crippen molar-refractivity contribution in [2.75, 3.05) is 0 Å². The molecule has 1 unspecified atom stereocenters. The normalized spacial score (nSPS) is 12.9. The number of carbonyl (C=O) groups is 1. The number of halogens is 3. The molecule has 116 valence electrons. The fourth-order valence-electron chi connectivity index (χ4n) is 1.80. The Kier molecular flexibility index (Phi) is 4.29. The number of aromatic hydroxyl groups is 1. The highest BCUT2D eigenvalue weighted by Gasteiger charge is 2.46. The number of amides is 1. The van der Waals surface area contributed by atoms with E-state index in [1.165, 1.54) is 18.3 Å². The maximum absolute atomic E-state index is 12.5. The third-order valence-electron chi connectivity index (χ3n) is 2.72. The molecular weight excluding hydrogens is 321 g/mol. The average Bonchev–Trinajstić information content (AvgIpc) is 2.46. The molecule has 3 N–H and O–H groups in total. The largest absolute Gasteiger partial charge is 0.604 e. The molecule has 1 heterocycles. The van der Waals surface area contributed by atoms with Crippen molar-refractivity contribution in [3.05, 3.63) is 42.2 Å². The van der Waals surface area contributed by atoms with Gasteiger partial charge in [-0.15, -0.1) is 13.2 Å². The molecule has 0 bridgehead atoms. The van der Waals surface area contributed by atoms with Crippen molar-refractivity contribution in [2.24, 2.45) is 5.73 Å². The van der Waals surface area contributed by atoms with Gasteiger partial charge in [-0.3, -0.25) is 9.78 Å². The van der Waals surface area contributed by atoms with Crippen molar-refractivity contribution in [3.63, 3.8) is 0 Å². The predicted molar refractivity (Wildman–Crippen MR) is 72.3 cm³/mol. The first-order chi connectivity index (χ1) is 10.2. The van der Waals surface area contributed by atoms with Gasteiger partial charge in [0.25, 0.3) is 5.91 Å². The summed E-state index contributed by atoms with van der Waals surface area (Å²) in [7, 11) is 0. The highest BCUT2D eigenvalue weighted by Crippen LogP contribution is 2.36. The lowest BCUT2D eigenvalue weighted by Gasteiger charge is -2.14. The van der Waals surface area contributed by atoms with Gasteiger partial charge < -0.3 is 15.4 Å². The smallest absolute Gasteiger partial charge is 0.578 e. The summed E-state index contributed by atoms with van der Waals surface area (Å²) in [6.45, 7) is 0. The van der Waals surface area contributed by atoms with E-state index in [0.29, 0.717) is 0 Å². The van der Waals surface area contributed by atoms with E-state index in [-0.39, 0.29) is 16.8 Å². The summed E-state index contributed by atoms with van der Waals surface area (Å²) < 4.78 is 49.0. The molecule has 0 aliphatic carbocycles. The molecule has 0 aliphatic rings. The Morgan fingerprint density at radius 2 is 1.95 bits per heavy atom. The van der Waals surface area contributed by atoms with Crippen LogP contribution in [0.2, 0.25) is 0 Å². The second-order valence-corrected chi connectivity index (χ2v) is 5.63. The Labute approximate surface area is 125 Å². The highest BCUT2D eigenvalue weighted by molar-refractivity contribution is 7.92. The van der Waals surface area contributed by atoms with Crippen molar-refractivity contribution in [3.8, 4) is 16.9 Å². The fraction of sp³-hybridized carbons (Fsp3) is 0.0769. The minimum absolute atomic E-state index is 0.0496. The zero-order valence-electron chi connectivity index (χ0n) is 10.8. The fourth-order valence-corrected chi connectivity index (χ4v) is 2.48. The maximum atomic E-state index is 12.5. The molecule has 0 radical (unpaired) electrons. The SMILES string of the molecule is NC(=O)c1ncccc1-c1cc([S+]([O-])C(F)(F)F)ccc1O. The number of aromatic nitrogens is 1. The van der Waals surface area contributed by atoms with Gasteiger partial charge in [0.15, 0.2) is 4.90 Å². The van der Waals surface area contributed by atoms with Crippen molar-refractivity contribution < 1.29 is 27.6 Å². The van der Waals surface area contributed by atoms with Crippen molar-refractivity contribution in [2.45, 2.75) is 10.4 Å². The van der Waals surface area contributed by atoms with Crippen LogP contribution in [0.5, 0.6) is 5.75 Å². The minimum atomic E-state index is -4.93. The molecular formula is C13H9F3N2O3S. The van der Waals surface area contributed by atoms with Crippen LogP contribution in [0.25, 0.3) is 11.1 Å². The number of phenols is 1. The number of rotatable bonds is 3. The molecule has 5 nitrogen and oxygen atoms in total. The van der Waals surface area contributed by atoms with Gasteiger partial charge in [-0.25, -0.2) is 0 Å². The molecule has 0 saturated carbocycles. The maximum Gasteiger partial charge on any atom is 0.578 e. The van der Waals surface area contributed by atoms with Gasteiger partial charge in [0, 0.05) is 23.4 Å². The lowest BCUT2D eigenvalue weighted by molar-refractivity contribution is -0.0435. The molecule has 9 heteroatoms. The van der Waals surface area contributed by atoms with Gasteiger partial charge >= 0.3 is 5.51 Å². The Hall–Kier alpha value is -2.26. The second-order valence-electron chi connectivity index (χ2n) is 4.16. The molecule has 2 rings (SSSR count). The molecule has 2 aromatic rings. The minimum Gasteiger partial charge on any atom is -0.604 e. The van der Waals surface area contributed by atoms with Gasteiger partial charge in [-0.1, -0.05) is 6.07 Å². The third-order valence-corrected chi connectivity index (χ3v) is 3.83. The van der Waals surface area contributed by atoms with Gasteiger partial charge in [-0.2, -0.15) is 0 Å². The van der Waals surface area contributed by atoms with E-state index in [1.807, 2.05) is 0 Å². The summed E-state index contributed by atoms with van der Waals surface area (Å²) in [6, 6.07) is 5.54. The zero-order valence-corrected chi connectivity index (χ0v) is 11.6. The zero-order chi connectivity index (χ0) is 16.5. The van der Waals surface area contributed by atoms with Gasteiger partial charge in [0.2, 0.25) is 0 Å². The number of primary amides is 1. The van der Waals surface area contributed by atoms with Crippen LogP contribution < -0.4 is 5.73 Å². The molecule has 1 aromatic heterocycles. The first-order valence-corrected chi connectivity index (χ1v) is 6.93. The number of hydrogen-bond acceptors (Lipinski definition) is 4. The summed E-state index contributed by atoms with van der Waals surface area (Å²) >= 11 is -3.26. The summed E-state index contributed by atoms with van der Waals surface area (Å²) in [5.41, 5.74) is -0.0682. The van der Waals surface area contributed by atoms with E-state index >= 15 is 0 Å². The van der Waals surface area contributed by atoms with Crippen LogP contribution in [0.15, 0.2) is 41.4 Å². The molecule has 0 aliphatic heterocycles. The van der Waals surface area contributed by atoms with E-state index in [0.717, 1.165) is 18.2 Å². The van der Waals surface area contributed by atoms with E-state index in [9.17, 15) is 27.6 Å². The first kappa shape index (κ1) is 16.1. The lowest BCUT2D eigenvalue weighted by atomic mass is 10.0. The number of hydrogen-bond donors (Lipinski definition) is 2. The van der Waals surface area contributed by atoms with E-state index in [4.69, 9.17) is 5.73 Å². The van der Waals surface area contributed by atoms with Crippen molar-refractivity contribution in [1.29, 1.82) is 0 Å². The second kappa shape index (κ2) is 5.85. The third kappa shape index (κ3) is 3.15. The number of benzene rings is 1. The lowest BCUT2D eigenvalue weighted by Crippen LogP contribution is -2.23. The van der Waals surface area contributed by atoms with E-state index in [2.05, 4.69) is 4.98 Å². The molecule has 0 fully saturated rings. The van der Waals surface area contributed by atoms with Crippen LogP contribution in [0.4, 0.5) is 13.2 Å². The molecule has 22 heavy (non-hydrogen) atoms. The number of pyridine rings is 1. The molecule has 1 aromatic carbocycles. The predicted octanol–water partition coefficient (Wildman–Crippen LogP) is 2.18. The van der Waals surface area contributed by atoms with Gasteiger partial charge in [0.05, 0.1) is 11.2 Å². The Morgan fingerprint density at radius 1 is 1.27 bits per heavy atom. The molecule has 0 saturated heterocycles. The summed E-state index contributed by atoms with van der Waals surface area (Å²) in [6.07, 6.45) is 1.28. The number of carbonyl (C=O) groups excluding carboxylic acids is 1. The number of nitrogens with two attached hydrogens (primary N) is 1. The summed E-state index contributed by atoms with van der Waals surface area (Å²) in [5.74, 6) is -1.30. The topological polar surface area (TPSA) is 99.3 Å². The van der Waals surface area contributed by atoms with Crippen molar-refractivity contribution >= 4 is 17.1 Å². The van der Waals surface area contributed by atoms with E-state index < -0.39 is 33.2 Å². The highest BCUT2D eigenvalue weighted by atomic mass is 32.2. The number of alkyl halides is 3. The van der Waals surface area contributed by atoms with Crippen LogP contribution in [0.3, 0.4) is 0 Å². The van der Waals surface area contributed by atoms with Crippen LogP contribution in [-0.4, -0.2) is 26.1 Å². The van der Waals surface area contributed by atoms with Crippen molar-refractivity contribution in [1.82, 2.24) is 4.98 Å². The quantitative estimate of drug-likeness (QED) is 0.843. The summed E-state index contributed by atoms with van der Waals surface area (Å²) in [5, 5.41) is 9.82. The molecule has 0 spiro atoms.